The van der Waals surface area contributed by atoms with Crippen LogP contribution in [0.4, 0.5) is 0 Å². The first kappa shape index (κ1) is 13.1. The number of rotatable bonds is 1. The minimum Gasteiger partial charge on any atom is -0.507 e. The van der Waals surface area contributed by atoms with Crippen LogP contribution in [0.3, 0.4) is 0 Å². The molecule has 0 saturated heterocycles. The second-order valence-corrected chi connectivity index (χ2v) is 4.86. The zero-order chi connectivity index (χ0) is 15.0. The zero-order valence-corrected chi connectivity index (χ0v) is 11.5. The van der Waals surface area contributed by atoms with E-state index in [1.54, 1.807) is 6.07 Å². The van der Waals surface area contributed by atoms with Crippen LogP contribution >= 0.6 is 12.2 Å². The fourth-order valence-corrected chi connectivity index (χ4v) is 2.50. The Kier molecular flexibility index (Phi) is 3.05. The Balaban J connectivity index is 2.53. The summed E-state index contributed by atoms with van der Waals surface area (Å²) < 4.78 is 0.0985. The molecule has 0 aliphatic carbocycles. The monoisotopic (exact) mass is 295 g/mol. The summed E-state index contributed by atoms with van der Waals surface area (Å²) in [7, 11) is 0. The summed E-state index contributed by atoms with van der Waals surface area (Å²) >= 11 is 4.96. The Morgan fingerprint density at radius 1 is 1.14 bits per heavy atom. The SMILES string of the molecule is N#Cc1c(-c2c(O)ccc3ccccc23)[nH]c(=S)[nH]c1=O. The highest BCUT2D eigenvalue weighted by atomic mass is 32.1. The average Bonchev–Trinajstić information content (AvgIpc) is 2.46. The number of aromatic nitrogens is 2. The maximum atomic E-state index is 11.9. The number of aromatic amines is 2. The number of aromatic hydroxyl groups is 1. The lowest BCUT2D eigenvalue weighted by atomic mass is 9.98. The van der Waals surface area contributed by atoms with Crippen LogP contribution in [0.15, 0.2) is 41.2 Å². The summed E-state index contributed by atoms with van der Waals surface area (Å²) in [6.07, 6.45) is 0. The molecule has 1 heterocycles. The van der Waals surface area contributed by atoms with Crippen LogP contribution in [0.2, 0.25) is 0 Å². The zero-order valence-electron chi connectivity index (χ0n) is 10.7. The van der Waals surface area contributed by atoms with Crippen molar-refractivity contribution in [2.75, 3.05) is 0 Å². The third-order valence-electron chi connectivity index (χ3n) is 3.21. The molecule has 1 aromatic heterocycles. The van der Waals surface area contributed by atoms with Gasteiger partial charge in [0.05, 0.1) is 5.69 Å². The van der Waals surface area contributed by atoms with E-state index in [4.69, 9.17) is 12.2 Å². The van der Waals surface area contributed by atoms with Crippen LogP contribution in [0, 0.1) is 16.1 Å². The number of benzene rings is 2. The van der Waals surface area contributed by atoms with E-state index in [2.05, 4.69) is 9.97 Å². The highest BCUT2D eigenvalue weighted by Crippen LogP contribution is 2.35. The third-order valence-corrected chi connectivity index (χ3v) is 3.42. The highest BCUT2D eigenvalue weighted by molar-refractivity contribution is 7.71. The van der Waals surface area contributed by atoms with E-state index in [1.165, 1.54) is 6.07 Å². The van der Waals surface area contributed by atoms with Crippen molar-refractivity contribution in [3.05, 3.63) is 57.1 Å². The van der Waals surface area contributed by atoms with Gasteiger partial charge >= 0.3 is 0 Å². The average molecular weight is 295 g/mol. The summed E-state index contributed by atoms with van der Waals surface area (Å²) in [5.41, 5.74) is -0.0822. The van der Waals surface area contributed by atoms with E-state index in [0.29, 0.717) is 5.56 Å². The van der Waals surface area contributed by atoms with Gasteiger partial charge in [-0.05, 0) is 29.1 Å². The second-order valence-electron chi connectivity index (χ2n) is 4.45. The van der Waals surface area contributed by atoms with Crippen molar-refractivity contribution in [1.82, 2.24) is 9.97 Å². The first-order valence-electron chi connectivity index (χ1n) is 6.09. The van der Waals surface area contributed by atoms with Crippen molar-refractivity contribution >= 4 is 23.0 Å². The molecule has 0 saturated carbocycles. The fraction of sp³-hybridized carbons (Fsp3) is 0. The lowest BCUT2D eigenvalue weighted by Gasteiger charge is -2.10. The topological polar surface area (TPSA) is 92.7 Å². The second kappa shape index (κ2) is 4.89. The van der Waals surface area contributed by atoms with E-state index in [0.717, 1.165) is 10.8 Å². The van der Waals surface area contributed by atoms with Gasteiger partial charge in [0.25, 0.3) is 5.56 Å². The van der Waals surface area contributed by atoms with Crippen LogP contribution in [0.25, 0.3) is 22.0 Å². The lowest BCUT2D eigenvalue weighted by Crippen LogP contribution is -2.13. The van der Waals surface area contributed by atoms with E-state index < -0.39 is 5.56 Å². The molecule has 3 aromatic rings. The largest absolute Gasteiger partial charge is 0.507 e. The van der Waals surface area contributed by atoms with Gasteiger partial charge in [-0.1, -0.05) is 30.3 Å². The van der Waals surface area contributed by atoms with Gasteiger partial charge < -0.3 is 10.1 Å². The van der Waals surface area contributed by atoms with E-state index in [-0.39, 0.29) is 21.8 Å². The third kappa shape index (κ3) is 2.10. The smallest absolute Gasteiger partial charge is 0.270 e. The molecule has 0 aliphatic rings. The van der Waals surface area contributed by atoms with E-state index >= 15 is 0 Å². The maximum Gasteiger partial charge on any atom is 0.270 e. The Bertz CT molecular complexity index is 1010. The molecule has 0 amide bonds. The fourth-order valence-electron chi connectivity index (χ4n) is 2.30. The maximum absolute atomic E-state index is 11.9. The Morgan fingerprint density at radius 3 is 2.67 bits per heavy atom. The summed E-state index contributed by atoms with van der Waals surface area (Å²) in [6.45, 7) is 0. The number of nitrogens with zero attached hydrogens (tertiary/aromatic N) is 1. The molecule has 3 rings (SSSR count). The van der Waals surface area contributed by atoms with E-state index in [9.17, 15) is 15.2 Å². The van der Waals surface area contributed by atoms with Crippen LogP contribution in [-0.4, -0.2) is 15.1 Å². The Labute approximate surface area is 124 Å². The minimum atomic E-state index is -0.580. The van der Waals surface area contributed by atoms with Gasteiger partial charge in [0, 0.05) is 5.56 Å². The predicted octanol–water partition coefficient (Wildman–Crippen LogP) is 2.83. The normalized spacial score (nSPS) is 10.4. The summed E-state index contributed by atoms with van der Waals surface area (Å²) in [5, 5.41) is 21.0. The van der Waals surface area contributed by atoms with Gasteiger partial charge in [0.2, 0.25) is 0 Å². The number of nitriles is 1. The number of H-pyrrole nitrogens is 2. The van der Waals surface area contributed by atoms with Crippen molar-refractivity contribution in [1.29, 1.82) is 5.26 Å². The molecule has 0 fully saturated rings. The van der Waals surface area contributed by atoms with Gasteiger partial charge in [-0.2, -0.15) is 5.26 Å². The van der Waals surface area contributed by atoms with Crippen molar-refractivity contribution in [2.45, 2.75) is 0 Å². The van der Waals surface area contributed by atoms with E-state index in [1.807, 2.05) is 30.3 Å². The first-order valence-corrected chi connectivity index (χ1v) is 6.50. The van der Waals surface area contributed by atoms with Crippen LogP contribution in [-0.2, 0) is 0 Å². The Morgan fingerprint density at radius 2 is 1.90 bits per heavy atom. The van der Waals surface area contributed by atoms with Crippen molar-refractivity contribution in [3.8, 4) is 23.1 Å². The van der Waals surface area contributed by atoms with Gasteiger partial charge in [-0.3, -0.25) is 9.78 Å². The van der Waals surface area contributed by atoms with Crippen molar-refractivity contribution in [3.63, 3.8) is 0 Å². The van der Waals surface area contributed by atoms with Crippen molar-refractivity contribution < 1.29 is 5.11 Å². The predicted molar refractivity (Wildman–Crippen MR) is 81.6 cm³/mol. The van der Waals surface area contributed by atoms with Crippen LogP contribution < -0.4 is 5.56 Å². The summed E-state index contributed by atoms with van der Waals surface area (Å²) in [4.78, 5) is 17.0. The lowest BCUT2D eigenvalue weighted by molar-refractivity contribution is 0.478. The molecule has 0 radical (unpaired) electrons. The number of phenolic OH excluding ortho intramolecular Hbond substituents is 1. The van der Waals surface area contributed by atoms with Gasteiger partial charge in [0.1, 0.15) is 17.4 Å². The molecule has 0 aliphatic heterocycles. The molecule has 0 atom stereocenters. The van der Waals surface area contributed by atoms with Gasteiger partial charge in [0.15, 0.2) is 4.77 Å². The Hall–Kier alpha value is -2.91. The first-order chi connectivity index (χ1) is 10.1. The molecule has 5 nitrogen and oxygen atoms in total. The number of hydrogen-bond acceptors (Lipinski definition) is 4. The molecule has 2 aromatic carbocycles. The molecule has 3 N–H and O–H groups in total. The molecule has 6 heteroatoms. The molecule has 21 heavy (non-hydrogen) atoms. The number of phenols is 1. The molecule has 0 spiro atoms. The van der Waals surface area contributed by atoms with Gasteiger partial charge in [-0.15, -0.1) is 0 Å². The van der Waals surface area contributed by atoms with Crippen molar-refractivity contribution in [2.24, 2.45) is 0 Å². The number of fused-ring (bicyclic) bond motifs is 1. The molecular formula is C15H9N3O2S. The van der Waals surface area contributed by atoms with Gasteiger partial charge in [-0.25, -0.2) is 0 Å². The summed E-state index contributed by atoms with van der Waals surface area (Å²) in [5.74, 6) is -0.0264. The standard InChI is InChI=1S/C15H9N3O2S/c16-7-10-13(17-15(21)18-14(10)20)12-9-4-2-1-3-8(9)5-6-11(12)19/h1-6,19H,(H2,17,18,20,21). The molecule has 102 valence electrons. The number of nitrogens with one attached hydrogen (secondary N) is 2. The summed E-state index contributed by atoms with van der Waals surface area (Å²) in [6, 6.07) is 12.5. The number of hydrogen-bond donors (Lipinski definition) is 3. The quantitative estimate of drug-likeness (QED) is 0.602. The van der Waals surface area contributed by atoms with Crippen LogP contribution in [0.5, 0.6) is 5.75 Å². The highest BCUT2D eigenvalue weighted by Gasteiger charge is 2.16. The minimum absolute atomic E-state index is 0.0264. The van der Waals surface area contributed by atoms with Crippen LogP contribution in [0.1, 0.15) is 5.56 Å². The molecular weight excluding hydrogens is 286 g/mol. The molecule has 0 bridgehead atoms. The molecule has 0 unspecified atom stereocenters.